The minimum absolute atomic E-state index is 0.695. The Morgan fingerprint density at radius 2 is 2.29 bits per heavy atom. The fourth-order valence-electron chi connectivity index (χ4n) is 2.71. The molecule has 0 saturated carbocycles. The van der Waals surface area contributed by atoms with Crippen LogP contribution in [0.1, 0.15) is 31.9 Å². The van der Waals surface area contributed by atoms with Gasteiger partial charge in [0.25, 0.3) is 0 Å². The van der Waals surface area contributed by atoms with Crippen LogP contribution in [0.25, 0.3) is 0 Å². The first-order valence-corrected chi connectivity index (χ1v) is 7.88. The molecule has 5 nitrogen and oxygen atoms in total. The maximum atomic E-state index is 4.30. The van der Waals surface area contributed by atoms with Gasteiger partial charge in [-0.15, -0.1) is 0 Å². The highest BCUT2D eigenvalue weighted by Gasteiger charge is 2.17. The van der Waals surface area contributed by atoms with Crippen molar-refractivity contribution >= 4 is 5.96 Å². The molecule has 1 unspecified atom stereocenters. The zero-order valence-corrected chi connectivity index (χ0v) is 13.2. The smallest absolute Gasteiger partial charge is 0.191 e. The maximum Gasteiger partial charge on any atom is 0.191 e. The molecular weight excluding hydrogens is 262 g/mol. The van der Waals surface area contributed by atoms with Crippen LogP contribution < -0.4 is 10.6 Å². The zero-order valence-electron chi connectivity index (χ0n) is 13.2. The van der Waals surface area contributed by atoms with E-state index in [1.165, 1.54) is 25.8 Å². The highest BCUT2D eigenvalue weighted by atomic mass is 15.2. The largest absolute Gasteiger partial charge is 0.355 e. The van der Waals surface area contributed by atoms with E-state index in [-0.39, 0.29) is 0 Å². The van der Waals surface area contributed by atoms with Gasteiger partial charge < -0.3 is 10.6 Å². The summed E-state index contributed by atoms with van der Waals surface area (Å²) in [4.78, 5) is 11.1. The lowest BCUT2D eigenvalue weighted by Gasteiger charge is -2.33. The molecular formula is C16H27N5. The van der Waals surface area contributed by atoms with Crippen molar-refractivity contribution < 1.29 is 0 Å². The van der Waals surface area contributed by atoms with E-state index in [4.69, 9.17) is 0 Å². The fraction of sp³-hybridized carbons (Fsp3) is 0.625. The van der Waals surface area contributed by atoms with Crippen LogP contribution in [-0.2, 0) is 6.54 Å². The Morgan fingerprint density at radius 1 is 1.38 bits per heavy atom. The first-order chi connectivity index (χ1) is 10.3. The second kappa shape index (κ2) is 8.62. The monoisotopic (exact) mass is 289 g/mol. The number of nitrogens with one attached hydrogen (secondary N) is 2. The molecule has 21 heavy (non-hydrogen) atoms. The summed E-state index contributed by atoms with van der Waals surface area (Å²) < 4.78 is 0. The van der Waals surface area contributed by atoms with E-state index in [0.29, 0.717) is 12.6 Å². The molecule has 0 amide bonds. The third-order valence-corrected chi connectivity index (χ3v) is 4.02. The third-order valence-electron chi connectivity index (χ3n) is 4.02. The lowest BCUT2D eigenvalue weighted by atomic mass is 10.0. The SMILES string of the molecule is CN=C(NCCN1CCCCC1C)NCc1ccccn1. The van der Waals surface area contributed by atoms with E-state index >= 15 is 0 Å². The number of hydrogen-bond donors (Lipinski definition) is 2. The van der Waals surface area contributed by atoms with Crippen LogP contribution in [0.2, 0.25) is 0 Å². The molecule has 1 aliphatic rings. The van der Waals surface area contributed by atoms with E-state index in [9.17, 15) is 0 Å². The van der Waals surface area contributed by atoms with Gasteiger partial charge in [-0.2, -0.15) is 0 Å². The van der Waals surface area contributed by atoms with E-state index in [1.807, 2.05) is 24.4 Å². The summed E-state index contributed by atoms with van der Waals surface area (Å²) in [6, 6.07) is 6.65. The van der Waals surface area contributed by atoms with Crippen LogP contribution >= 0.6 is 0 Å². The van der Waals surface area contributed by atoms with Crippen molar-refractivity contribution in [3.63, 3.8) is 0 Å². The Balaban J connectivity index is 1.68. The highest BCUT2D eigenvalue weighted by Crippen LogP contribution is 2.15. The Hall–Kier alpha value is -1.62. The molecule has 1 aliphatic heterocycles. The highest BCUT2D eigenvalue weighted by molar-refractivity contribution is 5.79. The fourth-order valence-corrected chi connectivity index (χ4v) is 2.71. The number of aliphatic imine (C=N–C) groups is 1. The lowest BCUT2D eigenvalue weighted by Crippen LogP contribution is -2.45. The minimum Gasteiger partial charge on any atom is -0.355 e. The van der Waals surface area contributed by atoms with E-state index in [1.54, 1.807) is 7.05 Å². The average Bonchev–Trinajstić information content (AvgIpc) is 2.53. The second-order valence-electron chi connectivity index (χ2n) is 5.55. The van der Waals surface area contributed by atoms with Crippen LogP contribution in [-0.4, -0.2) is 48.6 Å². The third kappa shape index (κ3) is 5.34. The van der Waals surface area contributed by atoms with E-state index < -0.39 is 0 Å². The maximum absolute atomic E-state index is 4.30. The molecule has 0 aromatic carbocycles. The predicted molar refractivity (Wildman–Crippen MR) is 87.3 cm³/mol. The summed E-state index contributed by atoms with van der Waals surface area (Å²) >= 11 is 0. The van der Waals surface area contributed by atoms with Gasteiger partial charge in [0.15, 0.2) is 5.96 Å². The van der Waals surface area contributed by atoms with Crippen molar-refractivity contribution in [3.05, 3.63) is 30.1 Å². The zero-order chi connectivity index (χ0) is 14.9. The molecule has 1 fully saturated rings. The second-order valence-corrected chi connectivity index (χ2v) is 5.55. The lowest BCUT2D eigenvalue weighted by molar-refractivity contribution is 0.163. The Bertz CT molecular complexity index is 432. The van der Waals surface area contributed by atoms with Gasteiger partial charge in [0.1, 0.15) is 0 Å². The number of hydrogen-bond acceptors (Lipinski definition) is 3. The van der Waals surface area contributed by atoms with Gasteiger partial charge in [0.2, 0.25) is 0 Å². The number of nitrogens with zero attached hydrogens (tertiary/aromatic N) is 3. The number of piperidine rings is 1. The van der Waals surface area contributed by atoms with Crippen molar-refractivity contribution in [1.82, 2.24) is 20.5 Å². The summed E-state index contributed by atoms with van der Waals surface area (Å²) in [5.74, 6) is 0.838. The molecule has 0 aliphatic carbocycles. The normalized spacial score (nSPS) is 20.3. The van der Waals surface area contributed by atoms with Crippen molar-refractivity contribution in [2.24, 2.45) is 4.99 Å². The molecule has 1 saturated heterocycles. The molecule has 116 valence electrons. The standard InChI is InChI=1S/C16H27N5/c1-14-7-4-6-11-21(14)12-10-19-16(17-2)20-13-15-8-3-5-9-18-15/h3,5,8-9,14H,4,6-7,10-13H2,1-2H3,(H2,17,19,20). The first kappa shape index (κ1) is 15.8. The topological polar surface area (TPSA) is 52.6 Å². The summed E-state index contributed by atoms with van der Waals surface area (Å²) in [7, 11) is 1.80. The van der Waals surface area contributed by atoms with Crippen molar-refractivity contribution in [1.29, 1.82) is 0 Å². The Labute approximate surface area is 127 Å². The van der Waals surface area contributed by atoms with Crippen LogP contribution in [0, 0.1) is 0 Å². The summed E-state index contributed by atoms with van der Waals surface area (Å²) in [5.41, 5.74) is 1.02. The summed E-state index contributed by atoms with van der Waals surface area (Å²) in [6.45, 7) is 6.24. The van der Waals surface area contributed by atoms with Gasteiger partial charge >= 0.3 is 0 Å². The van der Waals surface area contributed by atoms with Crippen molar-refractivity contribution in [3.8, 4) is 0 Å². The first-order valence-electron chi connectivity index (χ1n) is 7.88. The molecule has 5 heteroatoms. The Morgan fingerprint density at radius 3 is 3.00 bits per heavy atom. The van der Waals surface area contributed by atoms with Gasteiger partial charge in [-0.05, 0) is 38.4 Å². The molecule has 2 rings (SSSR count). The van der Waals surface area contributed by atoms with Gasteiger partial charge in [-0.25, -0.2) is 0 Å². The van der Waals surface area contributed by atoms with Crippen LogP contribution in [0.5, 0.6) is 0 Å². The predicted octanol–water partition coefficient (Wildman–Crippen LogP) is 1.62. The van der Waals surface area contributed by atoms with Gasteiger partial charge in [-0.1, -0.05) is 12.5 Å². The van der Waals surface area contributed by atoms with Crippen LogP contribution in [0.15, 0.2) is 29.4 Å². The molecule has 0 spiro atoms. The number of pyridine rings is 1. The number of aromatic nitrogens is 1. The molecule has 1 aromatic heterocycles. The average molecular weight is 289 g/mol. The molecule has 1 aromatic rings. The molecule has 0 radical (unpaired) electrons. The number of guanidine groups is 1. The molecule has 1 atom stereocenters. The van der Waals surface area contributed by atoms with Crippen molar-refractivity contribution in [2.75, 3.05) is 26.7 Å². The summed E-state index contributed by atoms with van der Waals surface area (Å²) in [6.07, 6.45) is 5.84. The van der Waals surface area contributed by atoms with Gasteiger partial charge in [-0.3, -0.25) is 14.9 Å². The van der Waals surface area contributed by atoms with Gasteiger partial charge in [0.05, 0.1) is 12.2 Å². The minimum atomic E-state index is 0.695. The number of rotatable bonds is 5. The van der Waals surface area contributed by atoms with E-state index in [0.717, 1.165) is 24.7 Å². The van der Waals surface area contributed by atoms with Crippen molar-refractivity contribution in [2.45, 2.75) is 38.8 Å². The van der Waals surface area contributed by atoms with Crippen LogP contribution in [0.3, 0.4) is 0 Å². The van der Waals surface area contributed by atoms with E-state index in [2.05, 4.69) is 32.4 Å². The van der Waals surface area contributed by atoms with Crippen LogP contribution in [0.4, 0.5) is 0 Å². The van der Waals surface area contributed by atoms with Gasteiger partial charge in [0, 0.05) is 32.4 Å². The molecule has 2 heterocycles. The quantitative estimate of drug-likeness (QED) is 0.639. The number of likely N-dealkylation sites (tertiary alicyclic amines) is 1. The summed E-state index contributed by atoms with van der Waals surface area (Å²) in [5, 5.41) is 6.67. The molecule has 0 bridgehead atoms. The molecule has 2 N–H and O–H groups in total. The Kier molecular flexibility index (Phi) is 6.47.